The van der Waals surface area contributed by atoms with Crippen LogP contribution in [-0.4, -0.2) is 85.2 Å². The van der Waals surface area contributed by atoms with Crippen molar-refractivity contribution in [2.45, 2.75) is 25.4 Å². The fourth-order valence-corrected chi connectivity index (χ4v) is 6.01. The van der Waals surface area contributed by atoms with Gasteiger partial charge in [0.05, 0.1) is 30.2 Å². The van der Waals surface area contributed by atoms with Crippen LogP contribution in [0.5, 0.6) is 0 Å². The van der Waals surface area contributed by atoms with Gasteiger partial charge in [0.25, 0.3) is 0 Å². The summed E-state index contributed by atoms with van der Waals surface area (Å²) in [7, 11) is -3.04. The number of amides is 2. The summed E-state index contributed by atoms with van der Waals surface area (Å²) in [5.41, 5.74) is 0. The van der Waals surface area contributed by atoms with E-state index in [1.54, 1.807) is 11.2 Å². The maximum atomic E-state index is 12.8. The second-order valence-corrected chi connectivity index (χ2v) is 9.91. The predicted octanol–water partition coefficient (Wildman–Crippen LogP) is -0.0406. The lowest BCUT2D eigenvalue weighted by atomic mass is 10.1. The van der Waals surface area contributed by atoms with Gasteiger partial charge < -0.3 is 14.2 Å². The average Bonchev–Trinajstić information content (AvgIpc) is 3.35. The molecule has 0 N–H and O–H groups in total. The van der Waals surface area contributed by atoms with Gasteiger partial charge in [-0.3, -0.25) is 14.5 Å². The minimum absolute atomic E-state index is 0.0179. The van der Waals surface area contributed by atoms with Crippen LogP contribution in [0.1, 0.15) is 18.6 Å². The first-order valence-corrected chi connectivity index (χ1v) is 11.3. The highest BCUT2D eigenvalue weighted by atomic mass is 32.2. The summed E-state index contributed by atoms with van der Waals surface area (Å²) in [6.07, 6.45) is 2.34. The summed E-state index contributed by atoms with van der Waals surface area (Å²) in [4.78, 5) is 30.9. The molecule has 3 saturated heterocycles. The van der Waals surface area contributed by atoms with Crippen LogP contribution in [0.15, 0.2) is 22.8 Å². The Morgan fingerprint density at radius 1 is 1.22 bits per heavy atom. The largest absolute Gasteiger partial charge is 0.468 e. The van der Waals surface area contributed by atoms with Crippen molar-refractivity contribution < 1.29 is 22.4 Å². The molecule has 0 radical (unpaired) electrons. The van der Waals surface area contributed by atoms with Gasteiger partial charge in [-0.25, -0.2) is 8.42 Å². The van der Waals surface area contributed by atoms with Crippen molar-refractivity contribution in [2.24, 2.45) is 5.92 Å². The topological polar surface area (TPSA) is 91.1 Å². The van der Waals surface area contributed by atoms with Crippen molar-refractivity contribution in [1.82, 2.24) is 14.7 Å². The van der Waals surface area contributed by atoms with Crippen molar-refractivity contribution in [1.29, 1.82) is 0 Å². The first kappa shape index (κ1) is 18.5. The Morgan fingerprint density at radius 3 is 2.63 bits per heavy atom. The third-order valence-corrected chi connectivity index (χ3v) is 7.55. The van der Waals surface area contributed by atoms with Gasteiger partial charge in [-0.1, -0.05) is 0 Å². The molecule has 4 rings (SSSR count). The van der Waals surface area contributed by atoms with Crippen LogP contribution in [0.25, 0.3) is 0 Å². The maximum absolute atomic E-state index is 12.8. The van der Waals surface area contributed by atoms with E-state index in [2.05, 4.69) is 4.90 Å². The van der Waals surface area contributed by atoms with Gasteiger partial charge in [0.2, 0.25) is 11.8 Å². The number of hydrogen-bond donors (Lipinski definition) is 0. The van der Waals surface area contributed by atoms with E-state index in [0.717, 1.165) is 25.4 Å². The molecule has 0 saturated carbocycles. The lowest BCUT2D eigenvalue weighted by Crippen LogP contribution is -2.50. The second kappa shape index (κ2) is 7.27. The average molecular weight is 395 g/mol. The minimum atomic E-state index is -3.04. The van der Waals surface area contributed by atoms with E-state index in [1.165, 1.54) is 0 Å². The molecule has 0 aromatic carbocycles. The Labute approximate surface area is 159 Å². The van der Waals surface area contributed by atoms with E-state index in [9.17, 15) is 18.0 Å². The van der Waals surface area contributed by atoms with Crippen LogP contribution in [0.3, 0.4) is 0 Å². The summed E-state index contributed by atoms with van der Waals surface area (Å²) < 4.78 is 28.7. The number of piperazine rings is 1. The van der Waals surface area contributed by atoms with Gasteiger partial charge in [0, 0.05) is 45.2 Å². The zero-order valence-electron chi connectivity index (χ0n) is 15.2. The molecule has 9 heteroatoms. The first-order chi connectivity index (χ1) is 12.9. The molecule has 2 atom stereocenters. The quantitative estimate of drug-likeness (QED) is 0.711. The standard InChI is InChI=1S/C18H25N3O5S/c22-17-10-14(11-21(17)15-3-9-27(24,25)13-15)18(23)20-6-4-19(5-7-20)12-16-2-1-8-26-16/h1-2,8,14-15H,3-7,9-13H2/t14-,15+/m1/s1. The molecule has 148 valence electrons. The van der Waals surface area contributed by atoms with Crippen molar-refractivity contribution in [2.75, 3.05) is 44.2 Å². The molecule has 8 nitrogen and oxygen atoms in total. The molecule has 0 unspecified atom stereocenters. The highest BCUT2D eigenvalue weighted by molar-refractivity contribution is 7.91. The fraction of sp³-hybridized carbons (Fsp3) is 0.667. The summed E-state index contributed by atoms with van der Waals surface area (Å²) in [6, 6.07) is 3.55. The number of hydrogen-bond acceptors (Lipinski definition) is 6. The highest BCUT2D eigenvalue weighted by Gasteiger charge is 2.43. The van der Waals surface area contributed by atoms with Crippen molar-refractivity contribution in [3.05, 3.63) is 24.2 Å². The van der Waals surface area contributed by atoms with Crippen LogP contribution < -0.4 is 0 Å². The molecule has 3 aliphatic rings. The molecule has 1 aromatic heterocycles. The number of furan rings is 1. The fourth-order valence-electron chi connectivity index (χ4n) is 4.28. The molecule has 0 spiro atoms. The molecule has 4 heterocycles. The number of likely N-dealkylation sites (tertiary alicyclic amines) is 1. The SMILES string of the molecule is O=C([C@@H]1CC(=O)N([C@H]2CCS(=O)(=O)C2)C1)N1CCN(Cc2ccco2)CC1. The number of carbonyl (C=O) groups is 2. The van der Waals surface area contributed by atoms with Gasteiger partial charge >= 0.3 is 0 Å². The van der Waals surface area contributed by atoms with Gasteiger partial charge in [0.1, 0.15) is 5.76 Å². The Morgan fingerprint density at radius 2 is 2.00 bits per heavy atom. The van der Waals surface area contributed by atoms with Gasteiger partial charge in [-0.05, 0) is 18.6 Å². The van der Waals surface area contributed by atoms with E-state index in [-0.39, 0.29) is 41.7 Å². The summed E-state index contributed by atoms with van der Waals surface area (Å²) in [5.74, 6) is 0.662. The minimum Gasteiger partial charge on any atom is -0.468 e. The van der Waals surface area contributed by atoms with Gasteiger partial charge in [0.15, 0.2) is 9.84 Å². The van der Waals surface area contributed by atoms with Crippen LogP contribution in [-0.2, 0) is 26.0 Å². The lowest BCUT2D eigenvalue weighted by molar-refractivity contribution is -0.137. The van der Waals surface area contributed by atoms with Crippen LogP contribution >= 0.6 is 0 Å². The number of nitrogens with zero attached hydrogens (tertiary/aromatic N) is 3. The molecule has 3 aliphatic heterocycles. The predicted molar refractivity (Wildman–Crippen MR) is 97.4 cm³/mol. The summed E-state index contributed by atoms with van der Waals surface area (Å²) in [6.45, 7) is 3.92. The van der Waals surface area contributed by atoms with Crippen molar-refractivity contribution in [3.63, 3.8) is 0 Å². The summed E-state index contributed by atoms with van der Waals surface area (Å²) in [5, 5.41) is 0. The lowest BCUT2D eigenvalue weighted by Gasteiger charge is -2.35. The molecule has 0 bridgehead atoms. The smallest absolute Gasteiger partial charge is 0.228 e. The Hall–Kier alpha value is -1.87. The molecule has 0 aliphatic carbocycles. The maximum Gasteiger partial charge on any atom is 0.228 e. The van der Waals surface area contributed by atoms with Gasteiger partial charge in [-0.15, -0.1) is 0 Å². The Balaban J connectivity index is 1.29. The molecule has 2 amide bonds. The third kappa shape index (κ3) is 4.03. The van der Waals surface area contributed by atoms with E-state index in [0.29, 0.717) is 26.1 Å². The first-order valence-electron chi connectivity index (χ1n) is 9.45. The van der Waals surface area contributed by atoms with E-state index in [4.69, 9.17) is 4.42 Å². The summed E-state index contributed by atoms with van der Waals surface area (Å²) >= 11 is 0. The normalized spacial score (nSPS) is 28.8. The molecular formula is C18H25N3O5S. The van der Waals surface area contributed by atoms with Crippen LogP contribution in [0.4, 0.5) is 0 Å². The van der Waals surface area contributed by atoms with E-state index < -0.39 is 9.84 Å². The Bertz CT molecular complexity index is 799. The molecule has 1 aromatic rings. The molecular weight excluding hydrogens is 370 g/mol. The third-order valence-electron chi connectivity index (χ3n) is 5.80. The second-order valence-electron chi connectivity index (χ2n) is 7.68. The van der Waals surface area contributed by atoms with Crippen molar-refractivity contribution in [3.8, 4) is 0 Å². The zero-order valence-corrected chi connectivity index (χ0v) is 16.1. The zero-order chi connectivity index (χ0) is 19.0. The van der Waals surface area contributed by atoms with E-state index in [1.807, 2.05) is 17.0 Å². The number of rotatable bonds is 4. The molecule has 27 heavy (non-hydrogen) atoms. The monoisotopic (exact) mass is 395 g/mol. The number of sulfone groups is 1. The van der Waals surface area contributed by atoms with E-state index >= 15 is 0 Å². The Kier molecular flexibility index (Phi) is 4.98. The van der Waals surface area contributed by atoms with Crippen molar-refractivity contribution >= 4 is 21.7 Å². The van der Waals surface area contributed by atoms with Crippen LogP contribution in [0, 0.1) is 5.92 Å². The number of carbonyl (C=O) groups excluding carboxylic acids is 2. The van der Waals surface area contributed by atoms with Crippen LogP contribution in [0.2, 0.25) is 0 Å². The molecule has 3 fully saturated rings. The van der Waals surface area contributed by atoms with Gasteiger partial charge in [-0.2, -0.15) is 0 Å². The highest BCUT2D eigenvalue weighted by Crippen LogP contribution is 2.27.